The maximum absolute atomic E-state index is 12.7. The van der Waals surface area contributed by atoms with Gasteiger partial charge in [0.25, 0.3) is 0 Å². The molecule has 1 amide bonds. The molecule has 32 heavy (non-hydrogen) atoms. The Morgan fingerprint density at radius 2 is 2.06 bits per heavy atom. The number of ether oxygens (including phenoxy) is 1. The minimum atomic E-state index is -0.545. The number of aromatic nitrogens is 4. The van der Waals surface area contributed by atoms with E-state index in [1.165, 1.54) is 0 Å². The van der Waals surface area contributed by atoms with Crippen molar-refractivity contribution < 1.29 is 9.53 Å². The zero-order valence-corrected chi connectivity index (χ0v) is 19.8. The quantitative estimate of drug-likeness (QED) is 0.328. The van der Waals surface area contributed by atoms with E-state index in [4.69, 9.17) is 4.74 Å². The van der Waals surface area contributed by atoms with E-state index in [0.717, 1.165) is 30.8 Å². The van der Waals surface area contributed by atoms with Crippen LogP contribution in [0.4, 0.5) is 4.79 Å². The molecule has 0 aromatic carbocycles. The van der Waals surface area contributed by atoms with Crippen LogP contribution in [0.25, 0.3) is 0 Å². The van der Waals surface area contributed by atoms with E-state index in [1.807, 2.05) is 37.5 Å². The van der Waals surface area contributed by atoms with E-state index in [1.54, 1.807) is 30.7 Å². The molecule has 0 saturated carbocycles. The summed E-state index contributed by atoms with van der Waals surface area (Å²) in [6, 6.07) is 3.82. The third-order valence-corrected chi connectivity index (χ3v) is 4.53. The molecule has 0 aliphatic heterocycles. The number of rotatable bonds is 10. The molecule has 0 spiro atoms. The van der Waals surface area contributed by atoms with Gasteiger partial charge in [-0.1, -0.05) is 13.0 Å². The fraction of sp³-hybridized carbons (Fsp3) is 0.591. The highest BCUT2D eigenvalue weighted by Crippen LogP contribution is 2.12. The first kappa shape index (κ1) is 25.1. The number of carbonyl (C=O) groups is 1. The fourth-order valence-electron chi connectivity index (χ4n) is 3.00. The monoisotopic (exact) mass is 444 g/mol. The summed E-state index contributed by atoms with van der Waals surface area (Å²) >= 11 is 0. The minimum Gasteiger partial charge on any atom is -0.444 e. The van der Waals surface area contributed by atoms with Crippen LogP contribution in [0.3, 0.4) is 0 Å². The minimum absolute atomic E-state index is 0.329. The number of aliphatic imine (C=N–C) groups is 1. The van der Waals surface area contributed by atoms with Crippen LogP contribution in [0.5, 0.6) is 0 Å². The predicted octanol–water partition coefficient (Wildman–Crippen LogP) is 2.23. The molecule has 2 aromatic rings. The number of hydrogen-bond acceptors (Lipinski definition) is 6. The Kier molecular flexibility index (Phi) is 9.90. The van der Waals surface area contributed by atoms with E-state index in [-0.39, 0.29) is 6.09 Å². The largest absolute Gasteiger partial charge is 0.444 e. The Morgan fingerprint density at radius 3 is 2.72 bits per heavy atom. The number of nitrogens with zero attached hydrogens (tertiary/aromatic N) is 6. The zero-order chi connectivity index (χ0) is 23.4. The van der Waals surface area contributed by atoms with Crippen LogP contribution >= 0.6 is 0 Å². The third kappa shape index (κ3) is 8.91. The molecule has 0 unspecified atom stereocenters. The molecule has 0 atom stereocenters. The first-order valence-electron chi connectivity index (χ1n) is 11.0. The van der Waals surface area contributed by atoms with Gasteiger partial charge in [-0.25, -0.2) is 4.79 Å². The van der Waals surface area contributed by atoms with Gasteiger partial charge in [-0.05, 0) is 38.8 Å². The lowest BCUT2D eigenvalue weighted by Gasteiger charge is -2.27. The van der Waals surface area contributed by atoms with E-state index in [0.29, 0.717) is 32.1 Å². The SMILES string of the molecule is CCc1nncn1CCNC(=NC)NCCCN(Cc1cccnc1)C(=O)OC(C)(C)C. The van der Waals surface area contributed by atoms with Gasteiger partial charge in [0.1, 0.15) is 17.8 Å². The molecule has 0 aliphatic rings. The first-order valence-corrected chi connectivity index (χ1v) is 11.0. The molecule has 2 heterocycles. The van der Waals surface area contributed by atoms with Gasteiger partial charge in [-0.2, -0.15) is 0 Å². The number of amides is 1. The lowest BCUT2D eigenvalue weighted by molar-refractivity contribution is 0.0232. The Bertz CT molecular complexity index is 845. The van der Waals surface area contributed by atoms with E-state index >= 15 is 0 Å². The normalized spacial score (nSPS) is 11.8. The van der Waals surface area contributed by atoms with Gasteiger partial charge < -0.3 is 24.8 Å². The van der Waals surface area contributed by atoms with Gasteiger partial charge in [-0.15, -0.1) is 10.2 Å². The first-order chi connectivity index (χ1) is 15.3. The predicted molar refractivity (Wildman–Crippen MR) is 124 cm³/mol. The molecule has 0 aliphatic carbocycles. The number of aryl methyl sites for hydroxylation is 1. The van der Waals surface area contributed by atoms with Gasteiger partial charge in [0, 0.05) is 52.0 Å². The number of hydrogen-bond donors (Lipinski definition) is 2. The molecule has 0 bridgehead atoms. The van der Waals surface area contributed by atoms with Crippen LogP contribution in [0.1, 0.15) is 45.5 Å². The Labute approximate surface area is 190 Å². The highest BCUT2D eigenvalue weighted by atomic mass is 16.6. The Morgan fingerprint density at radius 1 is 1.28 bits per heavy atom. The molecule has 0 radical (unpaired) electrons. The fourth-order valence-corrected chi connectivity index (χ4v) is 3.00. The van der Waals surface area contributed by atoms with E-state index in [9.17, 15) is 4.79 Å². The van der Waals surface area contributed by atoms with Crippen molar-refractivity contribution in [2.75, 3.05) is 26.7 Å². The third-order valence-electron chi connectivity index (χ3n) is 4.53. The van der Waals surface area contributed by atoms with Crippen molar-refractivity contribution in [3.63, 3.8) is 0 Å². The smallest absolute Gasteiger partial charge is 0.410 e. The van der Waals surface area contributed by atoms with Crippen molar-refractivity contribution in [1.82, 2.24) is 35.3 Å². The van der Waals surface area contributed by atoms with Gasteiger partial charge in [-0.3, -0.25) is 9.98 Å². The van der Waals surface area contributed by atoms with Gasteiger partial charge in [0.05, 0.1) is 6.54 Å². The van der Waals surface area contributed by atoms with Crippen molar-refractivity contribution in [3.8, 4) is 0 Å². The summed E-state index contributed by atoms with van der Waals surface area (Å²) in [7, 11) is 1.74. The average molecular weight is 445 g/mol. The van der Waals surface area contributed by atoms with Crippen LogP contribution in [0.15, 0.2) is 35.8 Å². The second kappa shape index (κ2) is 12.6. The molecule has 0 saturated heterocycles. The van der Waals surface area contributed by atoms with Crippen LogP contribution < -0.4 is 10.6 Å². The topological polar surface area (TPSA) is 110 Å². The van der Waals surface area contributed by atoms with Crippen molar-refractivity contribution >= 4 is 12.1 Å². The van der Waals surface area contributed by atoms with Crippen LogP contribution in [0.2, 0.25) is 0 Å². The van der Waals surface area contributed by atoms with Crippen molar-refractivity contribution in [2.45, 2.75) is 59.2 Å². The number of guanidine groups is 1. The lowest BCUT2D eigenvalue weighted by Crippen LogP contribution is -2.41. The molecular formula is C22H36N8O2. The van der Waals surface area contributed by atoms with Gasteiger partial charge in [0.15, 0.2) is 5.96 Å². The van der Waals surface area contributed by atoms with Crippen LogP contribution in [-0.4, -0.2) is 69.0 Å². The molecule has 2 aromatic heterocycles. The summed E-state index contributed by atoms with van der Waals surface area (Å²) in [5.74, 6) is 1.68. The summed E-state index contributed by atoms with van der Waals surface area (Å²) in [4.78, 5) is 22.8. The van der Waals surface area contributed by atoms with Gasteiger partial charge in [0.2, 0.25) is 0 Å². The molecule has 10 heteroatoms. The summed E-state index contributed by atoms with van der Waals surface area (Å²) in [6.07, 6.45) is 6.48. The van der Waals surface area contributed by atoms with Crippen LogP contribution in [-0.2, 0) is 24.2 Å². The maximum Gasteiger partial charge on any atom is 0.410 e. The Hall–Kier alpha value is -3.17. The molecular weight excluding hydrogens is 408 g/mol. The van der Waals surface area contributed by atoms with Gasteiger partial charge >= 0.3 is 6.09 Å². The average Bonchev–Trinajstić information content (AvgIpc) is 3.21. The van der Waals surface area contributed by atoms with Crippen molar-refractivity contribution in [1.29, 1.82) is 0 Å². The molecule has 2 rings (SSSR count). The standard InChI is InChI=1S/C22H36N8O2/c1-6-19-28-27-17-30(19)14-12-26-20(23-5)25-11-8-13-29(21(31)32-22(2,3)4)16-18-9-7-10-24-15-18/h7,9-10,15,17H,6,8,11-14,16H2,1-5H3,(H2,23,25,26). The number of pyridine rings is 1. The zero-order valence-electron chi connectivity index (χ0n) is 19.8. The lowest BCUT2D eigenvalue weighted by atomic mass is 10.2. The highest BCUT2D eigenvalue weighted by molar-refractivity contribution is 5.79. The van der Waals surface area contributed by atoms with E-state index in [2.05, 4.69) is 37.7 Å². The summed E-state index contributed by atoms with van der Waals surface area (Å²) in [6.45, 7) is 10.8. The Balaban J connectivity index is 1.80. The molecule has 176 valence electrons. The molecule has 10 nitrogen and oxygen atoms in total. The van der Waals surface area contributed by atoms with Crippen molar-refractivity contribution in [3.05, 3.63) is 42.2 Å². The summed E-state index contributed by atoms with van der Waals surface area (Å²) < 4.78 is 7.60. The second-order valence-electron chi connectivity index (χ2n) is 8.34. The highest BCUT2D eigenvalue weighted by Gasteiger charge is 2.22. The number of carbonyl (C=O) groups excluding carboxylic acids is 1. The summed E-state index contributed by atoms with van der Waals surface area (Å²) in [5.41, 5.74) is 0.417. The molecule has 0 fully saturated rings. The number of nitrogens with one attached hydrogen (secondary N) is 2. The van der Waals surface area contributed by atoms with E-state index < -0.39 is 5.60 Å². The maximum atomic E-state index is 12.7. The molecule has 2 N–H and O–H groups in total. The summed E-state index contributed by atoms with van der Waals surface area (Å²) in [5, 5.41) is 14.6. The van der Waals surface area contributed by atoms with Crippen molar-refractivity contribution in [2.24, 2.45) is 4.99 Å². The second-order valence-corrected chi connectivity index (χ2v) is 8.34. The van der Waals surface area contributed by atoms with Crippen LogP contribution in [0, 0.1) is 0 Å².